The van der Waals surface area contributed by atoms with Crippen LogP contribution in [0.5, 0.6) is 0 Å². The van der Waals surface area contributed by atoms with Gasteiger partial charge in [0, 0.05) is 6.07 Å². The van der Waals surface area contributed by atoms with Gasteiger partial charge >= 0.3 is 5.97 Å². The Morgan fingerprint density at radius 2 is 1.87 bits per heavy atom. The summed E-state index contributed by atoms with van der Waals surface area (Å²) < 4.78 is 5.10. The van der Waals surface area contributed by atoms with Gasteiger partial charge in [-0.05, 0) is 30.3 Å². The zero-order chi connectivity index (χ0) is 16.7. The number of carbonyl (C=O) groups is 2. The molecule has 0 unspecified atom stereocenters. The highest BCUT2D eigenvalue weighted by atomic mass is 35.5. The van der Waals surface area contributed by atoms with Gasteiger partial charge in [0.15, 0.2) is 0 Å². The van der Waals surface area contributed by atoms with E-state index in [2.05, 4.69) is 4.74 Å². The topological polar surface area (TPSA) is 69.4 Å². The molecule has 7 heteroatoms. The number of ketones is 1. The van der Waals surface area contributed by atoms with Gasteiger partial charge in [-0.3, -0.25) is 4.79 Å². The zero-order valence-electron chi connectivity index (χ0n) is 11.8. The third-order valence-electron chi connectivity index (χ3n) is 3.49. The van der Waals surface area contributed by atoms with Crippen molar-refractivity contribution in [2.45, 2.75) is 0 Å². The number of hydrogen-bond acceptors (Lipinski definition) is 4. The van der Waals surface area contributed by atoms with Gasteiger partial charge in [-0.25, -0.2) is 4.79 Å². The zero-order valence-corrected chi connectivity index (χ0v) is 13.3. The molecule has 0 N–H and O–H groups in total. The average molecular weight is 350 g/mol. The van der Waals surface area contributed by atoms with Crippen molar-refractivity contribution in [3.8, 4) is 0 Å². The SMILES string of the molecule is COC(=O)c1ccc2c(c1)[N+]([O-])=C(c1ccc(Cl)c(Cl)c1)C2=O. The Labute approximate surface area is 141 Å². The first-order chi connectivity index (χ1) is 10.9. The minimum absolute atomic E-state index is 0.0689. The van der Waals surface area contributed by atoms with Crippen LogP contribution in [0.3, 0.4) is 0 Å². The highest BCUT2D eigenvalue weighted by Gasteiger charge is 2.37. The Balaban J connectivity index is 2.15. The summed E-state index contributed by atoms with van der Waals surface area (Å²) in [6.07, 6.45) is 0. The number of carbonyl (C=O) groups excluding carboxylic acids is 2. The lowest BCUT2D eigenvalue weighted by Gasteiger charge is -2.04. The summed E-state index contributed by atoms with van der Waals surface area (Å²) in [6.45, 7) is 0. The summed E-state index contributed by atoms with van der Waals surface area (Å²) in [5, 5.41) is 13.1. The van der Waals surface area contributed by atoms with Gasteiger partial charge in [-0.1, -0.05) is 23.2 Å². The summed E-state index contributed by atoms with van der Waals surface area (Å²) in [7, 11) is 1.24. The normalized spacial score (nSPS) is 13.3. The fourth-order valence-electron chi connectivity index (χ4n) is 2.37. The number of nitrogens with zero attached hydrogens (tertiary/aromatic N) is 1. The summed E-state index contributed by atoms with van der Waals surface area (Å²) >= 11 is 11.8. The number of ether oxygens (including phenoxy) is 1. The number of fused-ring (bicyclic) bond motifs is 1. The second-order valence-corrected chi connectivity index (χ2v) is 5.64. The van der Waals surface area contributed by atoms with E-state index in [1.165, 1.54) is 37.4 Å². The van der Waals surface area contributed by atoms with Crippen LogP contribution in [0.4, 0.5) is 5.69 Å². The molecule has 5 nitrogen and oxygen atoms in total. The maximum Gasteiger partial charge on any atom is 0.338 e. The molecule has 1 heterocycles. The first-order valence-corrected chi connectivity index (χ1v) is 7.26. The second-order valence-electron chi connectivity index (χ2n) is 4.82. The minimum Gasteiger partial charge on any atom is -0.618 e. The van der Waals surface area contributed by atoms with Gasteiger partial charge in [0.2, 0.25) is 5.69 Å². The lowest BCUT2D eigenvalue weighted by Crippen LogP contribution is -2.16. The third-order valence-corrected chi connectivity index (χ3v) is 4.23. The fraction of sp³-hybridized carbons (Fsp3) is 0.0625. The van der Waals surface area contributed by atoms with Crippen LogP contribution in [-0.4, -0.2) is 29.3 Å². The Hall–Kier alpha value is -2.37. The van der Waals surface area contributed by atoms with Crippen LogP contribution in [-0.2, 0) is 4.74 Å². The Morgan fingerprint density at radius 3 is 2.52 bits per heavy atom. The van der Waals surface area contributed by atoms with E-state index < -0.39 is 11.8 Å². The van der Waals surface area contributed by atoms with Crippen LogP contribution in [0.2, 0.25) is 10.0 Å². The number of hydrogen-bond donors (Lipinski definition) is 0. The molecular formula is C16H9Cl2NO4. The predicted octanol–water partition coefficient (Wildman–Crippen LogP) is 3.61. The Kier molecular flexibility index (Phi) is 3.83. The minimum atomic E-state index is -0.586. The van der Waals surface area contributed by atoms with E-state index in [-0.39, 0.29) is 27.5 Å². The standard InChI is InChI=1S/C16H9Cl2NO4/c1-23-16(21)9-2-4-10-13(7-9)19(22)14(15(10)20)8-3-5-11(17)12(18)6-8/h2-7H,1H3. The molecule has 116 valence electrons. The molecule has 0 amide bonds. The number of benzene rings is 2. The molecule has 1 aliphatic heterocycles. The van der Waals surface area contributed by atoms with E-state index in [0.717, 1.165) is 0 Å². The molecule has 2 aromatic carbocycles. The predicted molar refractivity (Wildman–Crippen MR) is 86.0 cm³/mol. The highest BCUT2D eigenvalue weighted by molar-refractivity contribution is 6.52. The lowest BCUT2D eigenvalue weighted by molar-refractivity contribution is -0.355. The van der Waals surface area contributed by atoms with Gasteiger partial charge < -0.3 is 9.94 Å². The lowest BCUT2D eigenvalue weighted by atomic mass is 10.0. The van der Waals surface area contributed by atoms with Crippen LogP contribution < -0.4 is 0 Å². The molecule has 0 spiro atoms. The van der Waals surface area contributed by atoms with E-state index in [1.807, 2.05) is 0 Å². The average Bonchev–Trinajstić information content (AvgIpc) is 2.80. The van der Waals surface area contributed by atoms with Crippen LogP contribution >= 0.6 is 23.2 Å². The number of esters is 1. The molecule has 0 aliphatic carbocycles. The molecular weight excluding hydrogens is 341 g/mol. The molecule has 0 aromatic heterocycles. The molecule has 23 heavy (non-hydrogen) atoms. The smallest absolute Gasteiger partial charge is 0.338 e. The quantitative estimate of drug-likeness (QED) is 0.471. The van der Waals surface area contributed by atoms with Crippen LogP contribution in [0, 0.1) is 5.21 Å². The summed E-state index contributed by atoms with van der Waals surface area (Å²) in [5.41, 5.74) is 0.791. The molecule has 0 fully saturated rings. The van der Waals surface area contributed by atoms with E-state index in [9.17, 15) is 14.8 Å². The van der Waals surface area contributed by atoms with Crippen molar-refractivity contribution >= 4 is 46.4 Å². The second kappa shape index (κ2) is 5.68. The molecule has 0 bridgehead atoms. The van der Waals surface area contributed by atoms with Crippen LogP contribution in [0.1, 0.15) is 26.3 Å². The highest BCUT2D eigenvalue weighted by Crippen LogP contribution is 2.31. The van der Waals surface area contributed by atoms with Crippen molar-refractivity contribution in [1.29, 1.82) is 0 Å². The van der Waals surface area contributed by atoms with Gasteiger partial charge in [-0.2, -0.15) is 4.74 Å². The fourth-order valence-corrected chi connectivity index (χ4v) is 2.67. The first-order valence-electron chi connectivity index (χ1n) is 6.50. The monoisotopic (exact) mass is 349 g/mol. The maximum absolute atomic E-state index is 12.5. The molecule has 1 aliphatic rings. The van der Waals surface area contributed by atoms with Crippen LogP contribution in [0.25, 0.3) is 0 Å². The largest absolute Gasteiger partial charge is 0.618 e. The van der Waals surface area contributed by atoms with Crippen molar-refractivity contribution in [3.63, 3.8) is 0 Å². The van der Waals surface area contributed by atoms with Crippen molar-refractivity contribution in [2.75, 3.05) is 7.11 Å². The number of methoxy groups -OCH3 is 1. The molecule has 2 aromatic rings. The van der Waals surface area contributed by atoms with Crippen molar-refractivity contribution < 1.29 is 19.1 Å². The molecule has 3 rings (SSSR count). The molecule has 0 atom stereocenters. The summed E-state index contributed by atoms with van der Waals surface area (Å²) in [6, 6.07) is 8.70. The third kappa shape index (κ3) is 2.48. The van der Waals surface area contributed by atoms with Gasteiger partial charge in [-0.15, -0.1) is 0 Å². The van der Waals surface area contributed by atoms with Gasteiger partial charge in [0.25, 0.3) is 11.5 Å². The van der Waals surface area contributed by atoms with Crippen molar-refractivity contribution in [2.24, 2.45) is 0 Å². The van der Waals surface area contributed by atoms with E-state index in [4.69, 9.17) is 23.2 Å². The van der Waals surface area contributed by atoms with Crippen LogP contribution in [0.15, 0.2) is 36.4 Å². The number of halogens is 2. The van der Waals surface area contributed by atoms with E-state index in [1.54, 1.807) is 6.07 Å². The first kappa shape index (κ1) is 15.5. The Bertz CT molecular complexity index is 890. The van der Waals surface area contributed by atoms with Crippen molar-refractivity contribution in [1.82, 2.24) is 0 Å². The Morgan fingerprint density at radius 1 is 1.13 bits per heavy atom. The molecule has 0 radical (unpaired) electrons. The summed E-state index contributed by atoms with van der Waals surface area (Å²) in [4.78, 5) is 24.1. The van der Waals surface area contributed by atoms with Crippen molar-refractivity contribution in [3.05, 3.63) is 68.3 Å². The molecule has 0 saturated heterocycles. The van der Waals surface area contributed by atoms with Gasteiger partial charge in [0.1, 0.15) is 5.56 Å². The van der Waals surface area contributed by atoms with E-state index in [0.29, 0.717) is 15.3 Å². The molecule has 0 saturated carbocycles. The number of Topliss-reactive ketones (excluding diaryl/α,β-unsaturated/α-hetero) is 1. The number of rotatable bonds is 2. The summed E-state index contributed by atoms with van der Waals surface area (Å²) in [5.74, 6) is -1.03. The van der Waals surface area contributed by atoms with E-state index >= 15 is 0 Å². The van der Waals surface area contributed by atoms with Gasteiger partial charge in [0.05, 0.1) is 28.3 Å². The maximum atomic E-state index is 12.5.